The number of amides is 1. The number of ether oxygens (including phenoxy) is 1. The molecule has 35 heavy (non-hydrogen) atoms. The summed E-state index contributed by atoms with van der Waals surface area (Å²) < 4.78 is 6.82. The van der Waals surface area contributed by atoms with E-state index in [4.69, 9.17) is 9.84 Å². The van der Waals surface area contributed by atoms with Crippen LogP contribution in [0.2, 0.25) is 0 Å². The van der Waals surface area contributed by atoms with Crippen molar-refractivity contribution in [2.75, 3.05) is 19.7 Å². The smallest absolute Gasteiger partial charge is 0.310 e. The number of carbonyl (C=O) groups excluding carboxylic acids is 2. The molecule has 4 rings (SSSR count). The highest BCUT2D eigenvalue weighted by Crippen LogP contribution is 2.28. The molecule has 0 spiro atoms. The molecule has 1 unspecified atom stereocenters. The average molecular weight is 477 g/mol. The van der Waals surface area contributed by atoms with E-state index in [0.717, 1.165) is 16.8 Å². The van der Waals surface area contributed by atoms with Crippen molar-refractivity contribution in [3.05, 3.63) is 75.5 Å². The minimum atomic E-state index is -0.455. The van der Waals surface area contributed by atoms with Gasteiger partial charge in [-0.2, -0.15) is 5.10 Å². The van der Waals surface area contributed by atoms with Gasteiger partial charge >= 0.3 is 5.97 Å². The molecule has 0 N–H and O–H groups in total. The molecule has 1 atom stereocenters. The zero-order chi connectivity index (χ0) is 25.1. The highest BCUT2D eigenvalue weighted by atomic mass is 16.6. The summed E-state index contributed by atoms with van der Waals surface area (Å²) in [5, 5.41) is 15.8. The number of aromatic nitrogens is 2. The Morgan fingerprint density at radius 1 is 1.14 bits per heavy atom. The van der Waals surface area contributed by atoms with Crippen molar-refractivity contribution in [2.24, 2.45) is 5.92 Å². The fourth-order valence-corrected chi connectivity index (χ4v) is 4.34. The van der Waals surface area contributed by atoms with Crippen molar-refractivity contribution in [3.8, 4) is 16.9 Å². The fourth-order valence-electron chi connectivity index (χ4n) is 4.34. The lowest BCUT2D eigenvalue weighted by Crippen LogP contribution is -2.43. The number of nitro groups is 1. The van der Waals surface area contributed by atoms with E-state index in [-0.39, 0.29) is 23.5 Å². The third-order valence-corrected chi connectivity index (χ3v) is 6.22. The van der Waals surface area contributed by atoms with Gasteiger partial charge in [0.2, 0.25) is 0 Å². The molecule has 0 radical (unpaired) electrons. The quantitative estimate of drug-likeness (QED) is 0.295. The number of esters is 1. The van der Waals surface area contributed by atoms with Gasteiger partial charge in [-0.3, -0.25) is 19.7 Å². The zero-order valence-corrected chi connectivity index (χ0v) is 20.1. The lowest BCUT2D eigenvalue weighted by atomic mass is 9.98. The zero-order valence-electron chi connectivity index (χ0n) is 20.1. The van der Waals surface area contributed by atoms with Gasteiger partial charge < -0.3 is 9.64 Å². The third-order valence-electron chi connectivity index (χ3n) is 6.22. The number of piperidine rings is 1. The Labute approximate surface area is 203 Å². The fraction of sp³-hybridized carbons (Fsp3) is 0.346. The predicted molar refractivity (Wildman–Crippen MR) is 130 cm³/mol. The second-order valence-electron chi connectivity index (χ2n) is 8.76. The molecule has 1 aliphatic rings. The van der Waals surface area contributed by atoms with Gasteiger partial charge in [0.25, 0.3) is 11.6 Å². The molecular weight excluding hydrogens is 448 g/mol. The van der Waals surface area contributed by atoms with E-state index in [2.05, 4.69) is 0 Å². The summed E-state index contributed by atoms with van der Waals surface area (Å²) in [6.07, 6.45) is 1.40. The molecule has 0 saturated carbocycles. The van der Waals surface area contributed by atoms with Crippen LogP contribution >= 0.6 is 0 Å². The molecule has 1 aliphatic heterocycles. The molecule has 1 fully saturated rings. The monoisotopic (exact) mass is 476 g/mol. The van der Waals surface area contributed by atoms with Gasteiger partial charge in [-0.1, -0.05) is 12.1 Å². The number of nitrogens with zero attached hydrogens (tertiary/aromatic N) is 4. The standard InChI is InChI=1S/C26H28N4O5/c1-4-35-26(32)20-6-5-13-28(16-20)25(31)24-15-22(19-9-11-21(12-10-19)30(33)34)27-29(24)23-14-17(2)7-8-18(23)3/h7-12,14-15,20H,4-6,13,16H2,1-3H3. The first kappa shape index (κ1) is 24.1. The molecule has 2 aromatic carbocycles. The van der Waals surface area contributed by atoms with Crippen LogP contribution in [0.25, 0.3) is 16.9 Å². The molecule has 0 aliphatic carbocycles. The number of carbonyl (C=O) groups is 2. The summed E-state index contributed by atoms with van der Waals surface area (Å²) in [6, 6.07) is 13.7. The molecule has 3 aromatic rings. The summed E-state index contributed by atoms with van der Waals surface area (Å²) in [4.78, 5) is 38.3. The van der Waals surface area contributed by atoms with Crippen molar-refractivity contribution < 1.29 is 19.2 Å². The van der Waals surface area contributed by atoms with E-state index in [1.54, 1.807) is 34.7 Å². The van der Waals surface area contributed by atoms with Gasteiger partial charge in [0.05, 0.1) is 28.8 Å². The van der Waals surface area contributed by atoms with E-state index in [9.17, 15) is 19.7 Å². The van der Waals surface area contributed by atoms with Crippen LogP contribution in [0.5, 0.6) is 0 Å². The number of non-ortho nitro benzene ring substituents is 1. The Hall–Kier alpha value is -4.01. The lowest BCUT2D eigenvalue weighted by Gasteiger charge is -2.31. The van der Waals surface area contributed by atoms with Gasteiger partial charge in [-0.15, -0.1) is 0 Å². The number of aryl methyl sites for hydroxylation is 2. The second-order valence-corrected chi connectivity index (χ2v) is 8.76. The van der Waals surface area contributed by atoms with E-state index in [1.807, 2.05) is 32.0 Å². The number of rotatable bonds is 6. The first-order chi connectivity index (χ1) is 16.8. The maximum absolute atomic E-state index is 13.7. The van der Waals surface area contributed by atoms with Crippen LogP contribution in [-0.2, 0) is 9.53 Å². The van der Waals surface area contributed by atoms with E-state index >= 15 is 0 Å². The van der Waals surface area contributed by atoms with Crippen LogP contribution in [0.4, 0.5) is 5.69 Å². The summed E-state index contributed by atoms with van der Waals surface area (Å²) >= 11 is 0. The summed E-state index contributed by atoms with van der Waals surface area (Å²) in [5.74, 6) is -0.848. The molecule has 9 heteroatoms. The number of hydrogen-bond donors (Lipinski definition) is 0. The van der Waals surface area contributed by atoms with Gasteiger partial charge in [-0.05, 0) is 69.0 Å². The number of hydrogen-bond acceptors (Lipinski definition) is 6. The first-order valence-electron chi connectivity index (χ1n) is 11.7. The van der Waals surface area contributed by atoms with Crippen LogP contribution in [0.15, 0.2) is 48.5 Å². The van der Waals surface area contributed by atoms with E-state index in [0.29, 0.717) is 49.5 Å². The molecule has 0 bridgehead atoms. The number of benzene rings is 2. The molecular formula is C26H28N4O5. The second kappa shape index (κ2) is 10.1. The normalized spacial score (nSPS) is 15.6. The van der Waals surface area contributed by atoms with E-state index in [1.165, 1.54) is 12.1 Å². The van der Waals surface area contributed by atoms with Crippen LogP contribution in [0.3, 0.4) is 0 Å². The van der Waals surface area contributed by atoms with Crippen LogP contribution in [0, 0.1) is 29.9 Å². The summed E-state index contributed by atoms with van der Waals surface area (Å²) in [5.41, 5.74) is 4.30. The molecule has 2 heterocycles. The molecule has 182 valence electrons. The van der Waals surface area contributed by atoms with Crippen molar-refractivity contribution in [2.45, 2.75) is 33.6 Å². The Morgan fingerprint density at radius 2 is 1.89 bits per heavy atom. The highest BCUT2D eigenvalue weighted by molar-refractivity contribution is 5.95. The minimum absolute atomic E-state index is 0.0164. The summed E-state index contributed by atoms with van der Waals surface area (Å²) in [7, 11) is 0. The van der Waals surface area contributed by atoms with Crippen LogP contribution in [-0.4, -0.2) is 51.2 Å². The molecule has 1 aromatic heterocycles. The van der Waals surface area contributed by atoms with Crippen molar-refractivity contribution in [3.63, 3.8) is 0 Å². The number of likely N-dealkylation sites (tertiary alicyclic amines) is 1. The third kappa shape index (κ3) is 5.08. The molecule has 1 amide bonds. The predicted octanol–water partition coefficient (Wildman–Crippen LogP) is 4.48. The molecule has 1 saturated heterocycles. The van der Waals surface area contributed by atoms with Gasteiger partial charge in [0, 0.05) is 30.8 Å². The lowest BCUT2D eigenvalue weighted by molar-refractivity contribution is -0.384. The Morgan fingerprint density at radius 3 is 2.57 bits per heavy atom. The van der Waals surface area contributed by atoms with Gasteiger partial charge in [0.15, 0.2) is 0 Å². The highest BCUT2D eigenvalue weighted by Gasteiger charge is 2.32. The van der Waals surface area contributed by atoms with Crippen LogP contribution in [0.1, 0.15) is 41.4 Å². The van der Waals surface area contributed by atoms with Crippen molar-refractivity contribution in [1.82, 2.24) is 14.7 Å². The summed E-state index contributed by atoms with van der Waals surface area (Å²) in [6.45, 7) is 6.84. The molecule has 9 nitrogen and oxygen atoms in total. The average Bonchev–Trinajstić information content (AvgIpc) is 3.30. The maximum Gasteiger partial charge on any atom is 0.310 e. The minimum Gasteiger partial charge on any atom is -0.466 e. The van der Waals surface area contributed by atoms with Crippen molar-refractivity contribution in [1.29, 1.82) is 0 Å². The van der Waals surface area contributed by atoms with Gasteiger partial charge in [-0.25, -0.2) is 4.68 Å². The van der Waals surface area contributed by atoms with E-state index < -0.39 is 4.92 Å². The SMILES string of the molecule is CCOC(=O)C1CCCN(C(=O)c2cc(-c3ccc([N+](=O)[O-])cc3)nn2-c2cc(C)ccc2C)C1. The topological polar surface area (TPSA) is 108 Å². The maximum atomic E-state index is 13.7. The van der Waals surface area contributed by atoms with Gasteiger partial charge in [0.1, 0.15) is 5.69 Å². The first-order valence-corrected chi connectivity index (χ1v) is 11.7. The van der Waals surface area contributed by atoms with Crippen molar-refractivity contribution >= 4 is 17.6 Å². The number of nitro benzene ring substituents is 1. The Bertz CT molecular complexity index is 1270. The van der Waals surface area contributed by atoms with Crippen LogP contribution < -0.4 is 0 Å². The largest absolute Gasteiger partial charge is 0.466 e. The Balaban J connectivity index is 1.74. The Kier molecular flexibility index (Phi) is 6.95.